The molecule has 3 rings (SSSR count). The number of esters is 1. The van der Waals surface area contributed by atoms with E-state index in [4.69, 9.17) is 9.47 Å². The Morgan fingerprint density at radius 3 is 2.62 bits per heavy atom. The lowest BCUT2D eigenvalue weighted by Crippen LogP contribution is -2.23. The van der Waals surface area contributed by atoms with E-state index in [-0.39, 0.29) is 5.97 Å². The van der Waals surface area contributed by atoms with Gasteiger partial charge in [0.1, 0.15) is 5.75 Å². The predicted octanol–water partition coefficient (Wildman–Crippen LogP) is 3.58. The molecule has 3 heteroatoms. The number of hydrogen-bond donors (Lipinski definition) is 0. The molecular formula is C18H18O3. The van der Waals surface area contributed by atoms with Crippen molar-refractivity contribution in [3.8, 4) is 5.75 Å². The largest absolute Gasteiger partial charge is 0.493 e. The fourth-order valence-corrected chi connectivity index (χ4v) is 2.61. The molecule has 1 atom stereocenters. The van der Waals surface area contributed by atoms with Crippen LogP contribution in [-0.2, 0) is 11.2 Å². The van der Waals surface area contributed by atoms with Gasteiger partial charge in [-0.1, -0.05) is 24.3 Å². The minimum absolute atomic E-state index is 0.294. The molecule has 1 unspecified atom stereocenters. The first-order valence-electron chi connectivity index (χ1n) is 7.25. The van der Waals surface area contributed by atoms with Crippen LogP contribution in [-0.4, -0.2) is 19.2 Å². The van der Waals surface area contributed by atoms with Gasteiger partial charge in [0.25, 0.3) is 0 Å². The Morgan fingerprint density at radius 2 is 1.90 bits per heavy atom. The Bertz CT molecular complexity index is 631. The van der Waals surface area contributed by atoms with E-state index in [2.05, 4.69) is 24.3 Å². The Morgan fingerprint density at radius 1 is 1.14 bits per heavy atom. The van der Waals surface area contributed by atoms with E-state index in [0.29, 0.717) is 24.7 Å². The first-order chi connectivity index (χ1) is 10.3. The van der Waals surface area contributed by atoms with Crippen LogP contribution in [0.2, 0.25) is 0 Å². The molecule has 0 heterocycles. The maximum atomic E-state index is 11.6. The molecule has 2 aromatic rings. The Labute approximate surface area is 124 Å². The van der Waals surface area contributed by atoms with Gasteiger partial charge in [0, 0.05) is 5.92 Å². The molecule has 0 saturated carbocycles. The first-order valence-corrected chi connectivity index (χ1v) is 7.25. The van der Waals surface area contributed by atoms with Gasteiger partial charge >= 0.3 is 5.97 Å². The van der Waals surface area contributed by atoms with Crippen molar-refractivity contribution in [3.63, 3.8) is 0 Å². The summed E-state index contributed by atoms with van der Waals surface area (Å²) < 4.78 is 10.8. The maximum Gasteiger partial charge on any atom is 0.338 e. The zero-order chi connectivity index (χ0) is 14.7. The minimum atomic E-state index is -0.294. The van der Waals surface area contributed by atoms with Crippen LogP contribution >= 0.6 is 0 Å². The van der Waals surface area contributed by atoms with Gasteiger partial charge in [0.2, 0.25) is 0 Å². The number of carbonyl (C=O) groups is 1. The molecule has 0 N–H and O–H groups in total. The molecule has 21 heavy (non-hydrogen) atoms. The fourth-order valence-electron chi connectivity index (χ4n) is 2.61. The smallest absolute Gasteiger partial charge is 0.338 e. The topological polar surface area (TPSA) is 35.5 Å². The Hall–Kier alpha value is -2.29. The lowest BCUT2D eigenvalue weighted by atomic mass is 9.78. The molecule has 108 valence electrons. The van der Waals surface area contributed by atoms with E-state index in [1.54, 1.807) is 19.1 Å². The van der Waals surface area contributed by atoms with Crippen molar-refractivity contribution >= 4 is 5.97 Å². The van der Waals surface area contributed by atoms with Crippen LogP contribution in [0, 0.1) is 0 Å². The lowest BCUT2D eigenvalue weighted by molar-refractivity contribution is 0.0526. The number of fused-ring (bicyclic) bond motifs is 1. The van der Waals surface area contributed by atoms with Crippen molar-refractivity contribution in [3.05, 3.63) is 65.2 Å². The molecule has 0 amide bonds. The predicted molar refractivity (Wildman–Crippen MR) is 80.8 cm³/mol. The van der Waals surface area contributed by atoms with Gasteiger partial charge in [0.05, 0.1) is 18.8 Å². The fraction of sp³-hybridized carbons (Fsp3) is 0.278. The summed E-state index contributed by atoms with van der Waals surface area (Å²) in [5.74, 6) is 0.968. The number of benzene rings is 2. The van der Waals surface area contributed by atoms with Gasteiger partial charge in [-0.3, -0.25) is 0 Å². The molecule has 1 aliphatic rings. The van der Waals surface area contributed by atoms with E-state index >= 15 is 0 Å². The van der Waals surface area contributed by atoms with Crippen molar-refractivity contribution in [1.82, 2.24) is 0 Å². The van der Waals surface area contributed by atoms with Crippen LogP contribution in [0.15, 0.2) is 48.5 Å². The third kappa shape index (κ3) is 2.92. The van der Waals surface area contributed by atoms with E-state index in [0.717, 1.165) is 12.2 Å². The van der Waals surface area contributed by atoms with Crippen molar-refractivity contribution in [2.75, 3.05) is 13.2 Å². The molecule has 0 spiro atoms. The second-order valence-electron chi connectivity index (χ2n) is 5.16. The maximum absolute atomic E-state index is 11.6. The highest BCUT2D eigenvalue weighted by molar-refractivity contribution is 5.89. The number of ether oxygens (including phenoxy) is 2. The van der Waals surface area contributed by atoms with Crippen molar-refractivity contribution < 1.29 is 14.3 Å². The highest BCUT2D eigenvalue weighted by atomic mass is 16.5. The van der Waals surface area contributed by atoms with Crippen LogP contribution < -0.4 is 4.74 Å². The van der Waals surface area contributed by atoms with Crippen LogP contribution in [0.4, 0.5) is 0 Å². The van der Waals surface area contributed by atoms with Gasteiger partial charge in [-0.05, 0) is 48.7 Å². The van der Waals surface area contributed by atoms with Gasteiger partial charge in [-0.25, -0.2) is 4.79 Å². The molecule has 0 aromatic heterocycles. The summed E-state index contributed by atoms with van der Waals surface area (Å²) in [6.45, 7) is 2.86. The van der Waals surface area contributed by atoms with Gasteiger partial charge in [-0.15, -0.1) is 0 Å². The third-order valence-corrected chi connectivity index (χ3v) is 3.78. The summed E-state index contributed by atoms with van der Waals surface area (Å²) in [6.07, 6.45) is 1.08. The molecule has 0 fully saturated rings. The van der Waals surface area contributed by atoms with Gasteiger partial charge in [0.15, 0.2) is 0 Å². The van der Waals surface area contributed by atoms with E-state index in [9.17, 15) is 4.79 Å². The molecule has 3 nitrogen and oxygen atoms in total. The number of hydrogen-bond acceptors (Lipinski definition) is 3. The quantitative estimate of drug-likeness (QED) is 0.786. The molecule has 2 aromatic carbocycles. The molecule has 0 aliphatic heterocycles. The second-order valence-corrected chi connectivity index (χ2v) is 5.16. The van der Waals surface area contributed by atoms with Crippen LogP contribution in [0.25, 0.3) is 0 Å². The lowest BCUT2D eigenvalue weighted by Gasteiger charge is -2.29. The van der Waals surface area contributed by atoms with Crippen molar-refractivity contribution in [2.45, 2.75) is 19.3 Å². The van der Waals surface area contributed by atoms with Crippen LogP contribution in [0.1, 0.15) is 34.3 Å². The summed E-state index contributed by atoms with van der Waals surface area (Å²) in [4.78, 5) is 11.6. The second kappa shape index (κ2) is 6.00. The monoisotopic (exact) mass is 282 g/mol. The molecular weight excluding hydrogens is 264 g/mol. The molecule has 0 bridgehead atoms. The van der Waals surface area contributed by atoms with E-state index in [1.165, 1.54) is 11.1 Å². The Kier molecular flexibility index (Phi) is 3.91. The first kappa shape index (κ1) is 13.7. The van der Waals surface area contributed by atoms with Crippen molar-refractivity contribution in [1.29, 1.82) is 0 Å². The summed E-state index contributed by atoms with van der Waals surface area (Å²) in [5.41, 5.74) is 3.36. The average Bonchev–Trinajstić information content (AvgIpc) is 2.49. The number of rotatable bonds is 5. The highest BCUT2D eigenvalue weighted by Crippen LogP contribution is 2.35. The number of carbonyl (C=O) groups excluding carboxylic acids is 1. The standard InChI is InChI=1S/C18H18O3/c1-2-20-18(19)13-7-9-16(10-8-13)21-12-15-11-14-5-3-4-6-17(14)15/h3-10,15H,2,11-12H2,1H3. The van der Waals surface area contributed by atoms with E-state index < -0.39 is 0 Å². The van der Waals surface area contributed by atoms with Gasteiger partial charge in [-0.2, -0.15) is 0 Å². The molecule has 1 aliphatic carbocycles. The molecule has 0 radical (unpaired) electrons. The summed E-state index contributed by atoms with van der Waals surface area (Å²) in [7, 11) is 0. The third-order valence-electron chi connectivity index (χ3n) is 3.78. The zero-order valence-corrected chi connectivity index (χ0v) is 12.0. The summed E-state index contributed by atoms with van der Waals surface area (Å²) in [6, 6.07) is 15.6. The highest BCUT2D eigenvalue weighted by Gasteiger charge is 2.25. The summed E-state index contributed by atoms with van der Waals surface area (Å²) >= 11 is 0. The summed E-state index contributed by atoms with van der Waals surface area (Å²) in [5, 5.41) is 0. The zero-order valence-electron chi connectivity index (χ0n) is 12.0. The minimum Gasteiger partial charge on any atom is -0.493 e. The van der Waals surface area contributed by atoms with E-state index in [1.807, 2.05) is 12.1 Å². The Balaban J connectivity index is 1.56. The van der Waals surface area contributed by atoms with Crippen LogP contribution in [0.3, 0.4) is 0 Å². The van der Waals surface area contributed by atoms with Crippen LogP contribution in [0.5, 0.6) is 5.75 Å². The van der Waals surface area contributed by atoms with Gasteiger partial charge < -0.3 is 9.47 Å². The molecule has 0 saturated heterocycles. The SMILES string of the molecule is CCOC(=O)c1ccc(OCC2Cc3ccccc32)cc1. The normalized spacial score (nSPS) is 15.8. The van der Waals surface area contributed by atoms with Crippen molar-refractivity contribution in [2.24, 2.45) is 0 Å². The average molecular weight is 282 g/mol.